The van der Waals surface area contributed by atoms with E-state index < -0.39 is 31.4 Å². The van der Waals surface area contributed by atoms with Gasteiger partial charge in [-0.25, -0.2) is 13.1 Å². The molecule has 5 atom stereocenters. The van der Waals surface area contributed by atoms with Crippen LogP contribution < -0.4 is 29.3 Å². The number of rotatable bonds is 11. The first-order chi connectivity index (χ1) is 33.3. The molecule has 6 aliphatic heterocycles. The number of aromatic nitrogens is 2. The molecular weight excluding hydrogens is 899 g/mol. The summed E-state index contributed by atoms with van der Waals surface area (Å²) >= 11 is 0. The Morgan fingerprint density at radius 3 is 2.64 bits per heavy atom. The largest absolute Gasteiger partial charge is 0.489 e. The molecule has 1 saturated carbocycles. The van der Waals surface area contributed by atoms with Gasteiger partial charge in [0.15, 0.2) is 11.4 Å². The Bertz CT molecular complexity index is 2970. The number of amides is 1. The molecule has 17 nitrogen and oxygen atoms in total. The molecule has 0 radical (unpaired) electrons. The number of aromatic amines is 1. The minimum atomic E-state index is -4.67. The van der Waals surface area contributed by atoms with Crippen molar-refractivity contribution in [2.24, 2.45) is 5.41 Å². The van der Waals surface area contributed by atoms with E-state index in [4.69, 9.17) is 19.2 Å². The van der Waals surface area contributed by atoms with E-state index in [0.717, 1.165) is 62.6 Å². The number of carbonyl (C=O) groups is 1. The number of hydrogen-bond donors (Lipinski definition) is 3. The summed E-state index contributed by atoms with van der Waals surface area (Å²) in [4.78, 5) is 43.5. The van der Waals surface area contributed by atoms with Crippen molar-refractivity contribution in [1.82, 2.24) is 24.5 Å². The fraction of sp³-hybridized carbons (Fsp3) is 0.490. The number of hydrogen-bond acceptors (Lipinski definition) is 14. The van der Waals surface area contributed by atoms with Gasteiger partial charge in [0.05, 0.1) is 46.4 Å². The highest BCUT2D eigenvalue weighted by Crippen LogP contribution is 2.55. The average molecular weight is 958 g/mol. The third-order valence-electron chi connectivity index (χ3n) is 16.0. The van der Waals surface area contributed by atoms with E-state index in [2.05, 4.69) is 74.8 Å². The van der Waals surface area contributed by atoms with E-state index in [9.17, 15) is 23.3 Å². The van der Waals surface area contributed by atoms with Crippen molar-refractivity contribution in [3.05, 3.63) is 99.7 Å². The van der Waals surface area contributed by atoms with Gasteiger partial charge in [0.1, 0.15) is 17.9 Å². The second-order valence-electron chi connectivity index (χ2n) is 20.8. The minimum absolute atomic E-state index is 0.0324. The third-order valence-corrected chi connectivity index (χ3v) is 17.3. The van der Waals surface area contributed by atoms with Crippen LogP contribution >= 0.6 is 0 Å². The Kier molecular flexibility index (Phi) is 10.8. The maximum Gasteiger partial charge on any atom is 0.297 e. The lowest BCUT2D eigenvalue weighted by Gasteiger charge is -2.62. The highest BCUT2D eigenvalue weighted by molar-refractivity contribution is 7.90. The molecule has 8 heterocycles. The summed E-state index contributed by atoms with van der Waals surface area (Å²) < 4.78 is 48.8. The predicted molar refractivity (Wildman–Crippen MR) is 262 cm³/mol. The quantitative estimate of drug-likeness (QED) is 0.0874. The van der Waals surface area contributed by atoms with Crippen LogP contribution in [0, 0.1) is 15.5 Å². The number of fused-ring (bicyclic) bond motifs is 5. The van der Waals surface area contributed by atoms with Crippen molar-refractivity contribution in [1.29, 1.82) is 0 Å². The van der Waals surface area contributed by atoms with Crippen LogP contribution in [-0.4, -0.2) is 122 Å². The highest BCUT2D eigenvalue weighted by atomic mass is 32.2. The van der Waals surface area contributed by atoms with Gasteiger partial charge in [-0.2, -0.15) is 4.98 Å². The SMILES string of the molecule is CC(C)c1ccccc1[C@@H]1CCCN1C1CC2(C1)CN(c1ccc(C(=O)NS(=O)(=O)c3cc4c(c([N+](=O)[O-])c3)N[C@H](CN3C[C@H]5C[C@@H]3CO5)CO4)c(N3c4cc5cc[nH]c5nc4OCC[C@@H]3C)c1)C2. The highest BCUT2D eigenvalue weighted by Gasteiger charge is 2.55. The van der Waals surface area contributed by atoms with Crippen LogP contribution in [0.1, 0.15) is 92.7 Å². The molecule has 1 spiro atoms. The molecule has 18 heteroatoms. The molecule has 3 aromatic carbocycles. The van der Waals surface area contributed by atoms with Crippen LogP contribution in [0.3, 0.4) is 0 Å². The first-order valence-electron chi connectivity index (χ1n) is 24.6. The van der Waals surface area contributed by atoms with Crippen LogP contribution in [0.2, 0.25) is 0 Å². The molecule has 3 N–H and O–H groups in total. The predicted octanol–water partition coefficient (Wildman–Crippen LogP) is 7.47. The summed E-state index contributed by atoms with van der Waals surface area (Å²) in [6, 6.07) is 21.5. The number of benzene rings is 3. The molecule has 2 aromatic heterocycles. The van der Waals surface area contributed by atoms with E-state index in [0.29, 0.717) is 73.1 Å². The molecule has 2 bridgehead atoms. The lowest BCUT2D eigenvalue weighted by atomic mass is 9.60. The summed E-state index contributed by atoms with van der Waals surface area (Å²) in [5.41, 5.74) is 5.65. The molecule has 1 aliphatic carbocycles. The Hall–Kier alpha value is -5.95. The van der Waals surface area contributed by atoms with Crippen LogP contribution in [-0.2, 0) is 14.8 Å². The van der Waals surface area contributed by atoms with Gasteiger partial charge in [-0.05, 0) is 92.9 Å². The first-order valence-corrected chi connectivity index (χ1v) is 26.1. The number of pyridine rings is 1. The molecule has 5 fully saturated rings. The summed E-state index contributed by atoms with van der Waals surface area (Å²) in [7, 11) is -4.67. The molecule has 5 aromatic rings. The van der Waals surface area contributed by atoms with Crippen molar-refractivity contribution >= 4 is 55.4 Å². The first kappa shape index (κ1) is 44.3. The number of carbonyl (C=O) groups excluding carboxylic acids is 1. The van der Waals surface area contributed by atoms with Crippen molar-refractivity contribution < 1.29 is 32.3 Å². The maximum absolute atomic E-state index is 14.6. The Morgan fingerprint density at radius 2 is 1.86 bits per heavy atom. The smallest absolute Gasteiger partial charge is 0.297 e. The van der Waals surface area contributed by atoms with E-state index in [1.165, 1.54) is 30.0 Å². The minimum Gasteiger partial charge on any atom is -0.489 e. The number of ether oxygens (including phenoxy) is 3. The zero-order valence-corrected chi connectivity index (χ0v) is 40.0. The monoisotopic (exact) mass is 957 g/mol. The van der Waals surface area contributed by atoms with Gasteiger partial charge in [0.25, 0.3) is 21.6 Å². The lowest BCUT2D eigenvalue weighted by Crippen LogP contribution is -2.66. The van der Waals surface area contributed by atoms with Crippen LogP contribution in [0.4, 0.5) is 28.4 Å². The van der Waals surface area contributed by atoms with Crippen molar-refractivity contribution in [2.75, 3.05) is 67.7 Å². The van der Waals surface area contributed by atoms with Crippen molar-refractivity contribution in [3.63, 3.8) is 0 Å². The summed E-state index contributed by atoms with van der Waals surface area (Å²) in [6.07, 6.45) is 8.25. The van der Waals surface area contributed by atoms with E-state index in [1.54, 1.807) is 6.07 Å². The number of nitro benzene ring substituents is 1. The zero-order chi connectivity index (χ0) is 47.3. The number of morpholine rings is 1. The number of nitrogens with zero attached hydrogens (tertiary/aromatic N) is 6. The molecular formula is C51H59N9O8S. The van der Waals surface area contributed by atoms with Gasteiger partial charge >= 0.3 is 0 Å². The van der Waals surface area contributed by atoms with E-state index in [1.807, 2.05) is 35.4 Å². The van der Waals surface area contributed by atoms with Crippen molar-refractivity contribution in [2.45, 2.75) is 106 Å². The molecule has 12 rings (SSSR count). The average Bonchev–Trinajstić information content (AvgIpc) is 4.13. The van der Waals surface area contributed by atoms with Crippen LogP contribution in [0.25, 0.3) is 11.0 Å². The number of likely N-dealkylation sites (tertiary alicyclic amines) is 2. The fourth-order valence-corrected chi connectivity index (χ4v) is 13.6. The number of H-pyrrole nitrogens is 1. The Morgan fingerprint density at radius 1 is 1.01 bits per heavy atom. The second kappa shape index (κ2) is 16.9. The van der Waals surface area contributed by atoms with Gasteiger partial charge in [-0.1, -0.05) is 38.1 Å². The molecule has 4 saturated heterocycles. The normalized spacial score (nSPS) is 25.4. The summed E-state index contributed by atoms with van der Waals surface area (Å²) in [5, 5.41) is 16.6. The fourth-order valence-electron chi connectivity index (χ4n) is 12.6. The van der Waals surface area contributed by atoms with E-state index >= 15 is 0 Å². The molecule has 69 heavy (non-hydrogen) atoms. The van der Waals surface area contributed by atoms with E-state index in [-0.39, 0.29) is 47.2 Å². The Labute approximate surface area is 401 Å². The zero-order valence-electron chi connectivity index (χ0n) is 39.2. The van der Waals surface area contributed by atoms with Gasteiger partial charge in [-0.15, -0.1) is 0 Å². The standard InChI is InChI=1S/C51H59N9O8S/c1-30(2)39-7-4-5-8-40(39)42-9-6-15-58(42)36-22-51(23-36)28-57(29-51)34-10-11-41(43(19-34)59-31(3)13-16-66-50-45(59)17-32-12-14-52-48(32)54-50)49(61)55-69(64,65)38-20-44(60(62)63)47-46(21-38)68-26-33(53-47)24-56-25-37-18-35(56)27-67-37/h4-5,7-8,10-12,14,17,19-21,30-31,33,35-37,42,53H,6,9,13,15-16,18,22-29H2,1-3H3,(H,52,54)(H,55,61)/t31-,33+,35+,37+,42-/m0/s1. The molecule has 362 valence electrons. The Balaban J connectivity index is 0.818. The third kappa shape index (κ3) is 7.83. The van der Waals surface area contributed by atoms with Crippen molar-refractivity contribution in [3.8, 4) is 11.6 Å². The summed E-state index contributed by atoms with van der Waals surface area (Å²) in [5.74, 6) is 0.0291. The number of anilines is 4. The topological polar surface area (TPSA) is 188 Å². The summed E-state index contributed by atoms with van der Waals surface area (Å²) in [6.45, 7) is 12.1. The van der Waals surface area contributed by atoms with Crippen LogP contribution in [0.15, 0.2) is 77.8 Å². The number of sulfonamides is 1. The molecule has 0 unspecified atom stereocenters. The van der Waals surface area contributed by atoms with Gasteiger partial charge in [-0.3, -0.25) is 24.7 Å². The molecule has 7 aliphatic rings. The molecule has 1 amide bonds. The van der Waals surface area contributed by atoms with Gasteiger partial charge in [0, 0.05) is 91.6 Å². The van der Waals surface area contributed by atoms with Gasteiger partial charge in [0.2, 0.25) is 5.88 Å². The maximum atomic E-state index is 14.6. The number of nitro groups is 1. The van der Waals surface area contributed by atoms with Gasteiger partial charge < -0.3 is 34.3 Å². The lowest BCUT2D eigenvalue weighted by molar-refractivity contribution is -0.384. The number of nitrogens with one attached hydrogen (secondary N) is 3. The second-order valence-corrected chi connectivity index (χ2v) is 22.5. The van der Waals surface area contributed by atoms with Crippen LogP contribution in [0.5, 0.6) is 11.6 Å².